The van der Waals surface area contributed by atoms with Crippen LogP contribution in [0, 0.1) is 6.92 Å². The third kappa shape index (κ3) is 3.94. The van der Waals surface area contributed by atoms with Gasteiger partial charge in [-0.25, -0.2) is 0 Å². The van der Waals surface area contributed by atoms with E-state index in [-0.39, 0.29) is 0 Å². The maximum atomic E-state index is 3.55. The average Bonchev–Trinajstić information content (AvgIpc) is 2.43. The molecule has 2 aromatic carbocycles. The molecule has 0 amide bonds. The second-order valence-electron chi connectivity index (χ2n) is 5.12. The van der Waals surface area contributed by atoms with Gasteiger partial charge in [-0.1, -0.05) is 72.1 Å². The van der Waals surface area contributed by atoms with Crippen LogP contribution >= 0.6 is 15.9 Å². The van der Waals surface area contributed by atoms with E-state index < -0.39 is 0 Å². The minimum atomic E-state index is 1.17. The predicted octanol–water partition coefficient (Wildman–Crippen LogP) is 6.16. The van der Waals surface area contributed by atoms with Crippen molar-refractivity contribution in [3.05, 3.63) is 58.1 Å². The second kappa shape index (κ2) is 6.91. The van der Waals surface area contributed by atoms with Crippen LogP contribution in [0.2, 0.25) is 0 Å². The zero-order chi connectivity index (χ0) is 13.7. The fourth-order valence-corrected chi connectivity index (χ4v) is 2.51. The van der Waals surface area contributed by atoms with Crippen molar-refractivity contribution in [1.82, 2.24) is 0 Å². The van der Waals surface area contributed by atoms with Crippen molar-refractivity contribution in [1.29, 1.82) is 0 Å². The van der Waals surface area contributed by atoms with Gasteiger partial charge in [-0.05, 0) is 48.1 Å². The molecule has 1 heteroatoms. The molecular formula is C18H21Br. The van der Waals surface area contributed by atoms with Crippen LogP contribution in [-0.2, 0) is 6.42 Å². The molecule has 0 bridgehead atoms. The Labute approximate surface area is 125 Å². The summed E-state index contributed by atoms with van der Waals surface area (Å²) in [4.78, 5) is 0. The minimum absolute atomic E-state index is 1.17. The van der Waals surface area contributed by atoms with E-state index in [0.29, 0.717) is 0 Å². The molecule has 0 heterocycles. The number of aryl methyl sites for hydroxylation is 2. The molecule has 19 heavy (non-hydrogen) atoms. The van der Waals surface area contributed by atoms with Crippen LogP contribution in [-0.4, -0.2) is 0 Å². The number of hydrogen-bond donors (Lipinski definition) is 0. The molecule has 0 fully saturated rings. The average molecular weight is 317 g/mol. The number of benzene rings is 2. The van der Waals surface area contributed by atoms with Gasteiger partial charge in [0.25, 0.3) is 0 Å². The Morgan fingerprint density at radius 1 is 0.895 bits per heavy atom. The van der Waals surface area contributed by atoms with Crippen molar-refractivity contribution in [3.63, 3.8) is 0 Å². The summed E-state index contributed by atoms with van der Waals surface area (Å²) in [6, 6.07) is 15.5. The summed E-state index contributed by atoms with van der Waals surface area (Å²) in [5.41, 5.74) is 5.33. The Hall–Kier alpha value is -1.08. The lowest BCUT2D eigenvalue weighted by Gasteiger charge is -2.06. The summed E-state index contributed by atoms with van der Waals surface area (Å²) in [5, 5.41) is 0. The summed E-state index contributed by atoms with van der Waals surface area (Å²) in [6.07, 6.45) is 5.12. The molecule has 0 N–H and O–H groups in total. The smallest absolute Gasteiger partial charge is 0.0204 e. The molecule has 0 aromatic heterocycles. The molecule has 0 aliphatic heterocycles. The Kier molecular flexibility index (Phi) is 5.21. The van der Waals surface area contributed by atoms with Gasteiger partial charge in [0, 0.05) is 4.47 Å². The van der Waals surface area contributed by atoms with Crippen LogP contribution in [0.4, 0.5) is 0 Å². The van der Waals surface area contributed by atoms with Crippen LogP contribution in [0.1, 0.15) is 37.3 Å². The van der Waals surface area contributed by atoms with Crippen molar-refractivity contribution in [2.45, 2.75) is 39.5 Å². The van der Waals surface area contributed by atoms with E-state index in [0.717, 1.165) is 0 Å². The molecule has 0 saturated heterocycles. The van der Waals surface area contributed by atoms with Gasteiger partial charge in [0.15, 0.2) is 0 Å². The van der Waals surface area contributed by atoms with Crippen molar-refractivity contribution in [2.75, 3.05) is 0 Å². The fraction of sp³-hybridized carbons (Fsp3) is 0.333. The molecule has 0 nitrogen and oxygen atoms in total. The summed E-state index contributed by atoms with van der Waals surface area (Å²) in [6.45, 7) is 4.38. The van der Waals surface area contributed by atoms with Gasteiger partial charge in [0.2, 0.25) is 0 Å². The van der Waals surface area contributed by atoms with Gasteiger partial charge in [-0.15, -0.1) is 0 Å². The van der Waals surface area contributed by atoms with Gasteiger partial charge >= 0.3 is 0 Å². The third-order valence-corrected chi connectivity index (χ3v) is 4.40. The first-order valence-electron chi connectivity index (χ1n) is 7.06. The molecule has 0 atom stereocenters. The molecule has 0 radical (unpaired) electrons. The number of hydrogen-bond acceptors (Lipinski definition) is 0. The van der Waals surface area contributed by atoms with Crippen molar-refractivity contribution in [2.24, 2.45) is 0 Å². The van der Waals surface area contributed by atoms with E-state index in [1.807, 2.05) is 0 Å². The first kappa shape index (κ1) is 14.3. The topological polar surface area (TPSA) is 0 Å². The molecule has 2 rings (SSSR count). The lowest BCUT2D eigenvalue weighted by molar-refractivity contribution is 0.717. The third-order valence-electron chi connectivity index (χ3n) is 3.51. The largest absolute Gasteiger partial charge is 0.0654 e. The van der Waals surface area contributed by atoms with E-state index in [1.165, 1.54) is 52.4 Å². The highest BCUT2D eigenvalue weighted by atomic mass is 79.9. The molecule has 0 aliphatic rings. The summed E-state index contributed by atoms with van der Waals surface area (Å²) in [5.74, 6) is 0. The highest BCUT2D eigenvalue weighted by Crippen LogP contribution is 2.25. The maximum Gasteiger partial charge on any atom is 0.0204 e. The monoisotopic (exact) mass is 316 g/mol. The summed E-state index contributed by atoms with van der Waals surface area (Å²) >= 11 is 3.55. The van der Waals surface area contributed by atoms with Crippen LogP contribution in [0.25, 0.3) is 11.1 Å². The molecular weight excluding hydrogens is 296 g/mol. The molecule has 0 aliphatic carbocycles. The zero-order valence-electron chi connectivity index (χ0n) is 11.7. The summed E-state index contributed by atoms with van der Waals surface area (Å²) in [7, 11) is 0. The van der Waals surface area contributed by atoms with E-state index in [2.05, 4.69) is 72.2 Å². The molecule has 0 spiro atoms. The number of unbranched alkanes of at least 4 members (excludes halogenated alkanes) is 2. The van der Waals surface area contributed by atoms with Gasteiger partial charge in [0.1, 0.15) is 0 Å². The van der Waals surface area contributed by atoms with Gasteiger partial charge in [-0.2, -0.15) is 0 Å². The molecule has 0 saturated carbocycles. The molecule has 100 valence electrons. The van der Waals surface area contributed by atoms with Crippen molar-refractivity contribution >= 4 is 15.9 Å². The van der Waals surface area contributed by atoms with E-state index in [4.69, 9.17) is 0 Å². The predicted molar refractivity (Wildman–Crippen MR) is 87.5 cm³/mol. The fourth-order valence-electron chi connectivity index (χ4n) is 2.27. The highest BCUT2D eigenvalue weighted by molar-refractivity contribution is 9.10. The Morgan fingerprint density at radius 3 is 2.21 bits per heavy atom. The highest BCUT2D eigenvalue weighted by Gasteiger charge is 2.01. The Bertz CT molecular complexity index is 526. The normalized spacial score (nSPS) is 10.7. The molecule has 0 unspecified atom stereocenters. The Morgan fingerprint density at radius 2 is 1.58 bits per heavy atom. The minimum Gasteiger partial charge on any atom is -0.0654 e. The van der Waals surface area contributed by atoms with Crippen LogP contribution < -0.4 is 0 Å². The quantitative estimate of drug-likeness (QED) is 0.580. The van der Waals surface area contributed by atoms with Gasteiger partial charge < -0.3 is 0 Å². The van der Waals surface area contributed by atoms with Crippen molar-refractivity contribution in [3.8, 4) is 11.1 Å². The van der Waals surface area contributed by atoms with E-state index in [9.17, 15) is 0 Å². The van der Waals surface area contributed by atoms with E-state index >= 15 is 0 Å². The van der Waals surface area contributed by atoms with Gasteiger partial charge in [-0.3, -0.25) is 0 Å². The number of rotatable bonds is 5. The van der Waals surface area contributed by atoms with Crippen LogP contribution in [0.15, 0.2) is 46.9 Å². The lowest BCUT2D eigenvalue weighted by Crippen LogP contribution is -1.86. The first-order valence-corrected chi connectivity index (χ1v) is 7.85. The van der Waals surface area contributed by atoms with Crippen LogP contribution in [0.5, 0.6) is 0 Å². The van der Waals surface area contributed by atoms with E-state index in [1.54, 1.807) is 0 Å². The maximum absolute atomic E-state index is 3.55. The molecule has 2 aromatic rings. The zero-order valence-corrected chi connectivity index (χ0v) is 13.3. The van der Waals surface area contributed by atoms with Gasteiger partial charge in [0.05, 0.1) is 0 Å². The first-order chi connectivity index (χ1) is 9.20. The summed E-state index contributed by atoms with van der Waals surface area (Å²) < 4.78 is 1.17. The van der Waals surface area contributed by atoms with Crippen molar-refractivity contribution < 1.29 is 0 Å². The number of halogens is 1. The second-order valence-corrected chi connectivity index (χ2v) is 5.97. The SMILES string of the molecule is CCCCCc1ccc(-c2ccc(Br)c(C)c2)cc1. The standard InChI is InChI=1S/C18H21Br/c1-3-4-5-6-15-7-9-16(10-8-15)17-11-12-18(19)14(2)13-17/h7-13H,3-6H2,1-2H3. The Balaban J connectivity index is 2.11. The van der Waals surface area contributed by atoms with Crippen LogP contribution in [0.3, 0.4) is 0 Å². The lowest BCUT2D eigenvalue weighted by atomic mass is 10.0.